The summed E-state index contributed by atoms with van der Waals surface area (Å²) in [5.74, 6) is 1.27. The van der Waals surface area contributed by atoms with Crippen molar-refractivity contribution in [3.05, 3.63) is 76.4 Å². The largest absolute Gasteiger partial charge is 0.328 e. The predicted molar refractivity (Wildman–Crippen MR) is 116 cm³/mol. The Morgan fingerprint density at radius 2 is 1.83 bits per heavy atom. The maximum Gasteiger partial charge on any atom is 0.226 e. The van der Waals surface area contributed by atoms with E-state index < -0.39 is 0 Å². The maximum absolute atomic E-state index is 13.2. The molecule has 0 amide bonds. The molecular formula is C23H21BrN4O. The van der Waals surface area contributed by atoms with Gasteiger partial charge in [-0.1, -0.05) is 78.3 Å². The van der Waals surface area contributed by atoms with Crippen LogP contribution in [0.2, 0.25) is 0 Å². The summed E-state index contributed by atoms with van der Waals surface area (Å²) in [4.78, 5) is 18.0. The van der Waals surface area contributed by atoms with Gasteiger partial charge < -0.3 is 5.32 Å². The van der Waals surface area contributed by atoms with Gasteiger partial charge in [-0.15, -0.1) is 5.10 Å². The second-order valence-electron chi connectivity index (χ2n) is 8.40. The summed E-state index contributed by atoms with van der Waals surface area (Å²) in [5, 5.41) is 8.22. The molecule has 1 aliphatic carbocycles. The molecule has 1 aliphatic heterocycles. The summed E-state index contributed by atoms with van der Waals surface area (Å²) in [6.07, 6.45) is 2.71. The van der Waals surface area contributed by atoms with Crippen LogP contribution < -0.4 is 5.32 Å². The minimum absolute atomic E-state index is 0.176. The van der Waals surface area contributed by atoms with E-state index in [1.807, 2.05) is 47.1 Å². The third-order valence-electron chi connectivity index (χ3n) is 5.57. The van der Waals surface area contributed by atoms with Crippen LogP contribution in [0.3, 0.4) is 0 Å². The summed E-state index contributed by atoms with van der Waals surface area (Å²) < 4.78 is 2.88. The zero-order valence-electron chi connectivity index (χ0n) is 16.3. The fourth-order valence-corrected chi connectivity index (χ4v) is 4.59. The van der Waals surface area contributed by atoms with Gasteiger partial charge in [0.2, 0.25) is 5.95 Å². The van der Waals surface area contributed by atoms with E-state index in [-0.39, 0.29) is 23.2 Å². The third-order valence-corrected chi connectivity index (χ3v) is 6.10. The summed E-state index contributed by atoms with van der Waals surface area (Å²) in [6.45, 7) is 4.19. The molecule has 2 heterocycles. The molecule has 2 aliphatic rings. The van der Waals surface area contributed by atoms with E-state index in [0.717, 1.165) is 21.3 Å². The Labute approximate surface area is 178 Å². The zero-order valence-corrected chi connectivity index (χ0v) is 17.8. The van der Waals surface area contributed by atoms with E-state index in [4.69, 9.17) is 10.1 Å². The number of carbonyl (C=O) groups is 1. The number of rotatable bonds is 2. The highest BCUT2D eigenvalue weighted by molar-refractivity contribution is 9.10. The maximum atomic E-state index is 13.2. The average molecular weight is 449 g/mol. The van der Waals surface area contributed by atoms with Crippen molar-refractivity contribution in [1.82, 2.24) is 14.8 Å². The number of fused-ring (bicyclic) bond motifs is 2. The highest BCUT2D eigenvalue weighted by Crippen LogP contribution is 2.45. The Hall–Kier alpha value is -2.73. The lowest BCUT2D eigenvalue weighted by Gasteiger charge is -2.40. The Kier molecular flexibility index (Phi) is 4.21. The molecule has 0 saturated carbocycles. The first-order valence-corrected chi connectivity index (χ1v) is 10.5. The SMILES string of the molecule is CC1(C)C=C2Nc3nc(-c4ccccc4)nn3C(c3ccc(Br)cc3)C2C(=O)C1. The smallest absolute Gasteiger partial charge is 0.226 e. The van der Waals surface area contributed by atoms with Gasteiger partial charge in [0.15, 0.2) is 5.82 Å². The van der Waals surface area contributed by atoms with Crippen LogP contribution in [0.25, 0.3) is 11.4 Å². The Balaban J connectivity index is 1.70. The third kappa shape index (κ3) is 3.21. The molecule has 0 bridgehead atoms. The summed E-state index contributed by atoms with van der Waals surface area (Å²) >= 11 is 3.51. The van der Waals surface area contributed by atoms with E-state index in [9.17, 15) is 4.79 Å². The van der Waals surface area contributed by atoms with Gasteiger partial charge in [-0.25, -0.2) is 4.68 Å². The monoisotopic (exact) mass is 448 g/mol. The second kappa shape index (κ2) is 6.66. The first-order chi connectivity index (χ1) is 13.9. The summed E-state index contributed by atoms with van der Waals surface area (Å²) in [7, 11) is 0. The summed E-state index contributed by atoms with van der Waals surface area (Å²) in [6, 6.07) is 17.8. The van der Waals surface area contributed by atoms with Gasteiger partial charge in [-0.05, 0) is 23.1 Å². The van der Waals surface area contributed by atoms with Crippen molar-refractivity contribution in [2.45, 2.75) is 26.3 Å². The Morgan fingerprint density at radius 3 is 2.55 bits per heavy atom. The molecule has 1 N–H and O–H groups in total. The number of nitrogens with zero attached hydrogens (tertiary/aromatic N) is 3. The topological polar surface area (TPSA) is 59.8 Å². The number of ketones is 1. The molecule has 2 atom stereocenters. The minimum Gasteiger partial charge on any atom is -0.328 e. The van der Waals surface area contributed by atoms with Gasteiger partial charge in [-0.2, -0.15) is 4.98 Å². The molecule has 146 valence electrons. The van der Waals surface area contributed by atoms with E-state index in [1.54, 1.807) is 0 Å². The average Bonchev–Trinajstić information content (AvgIpc) is 3.10. The van der Waals surface area contributed by atoms with Crippen molar-refractivity contribution < 1.29 is 4.79 Å². The molecule has 29 heavy (non-hydrogen) atoms. The molecule has 1 aromatic heterocycles. The first-order valence-electron chi connectivity index (χ1n) is 9.71. The Bertz CT molecular complexity index is 1120. The molecule has 2 aromatic carbocycles. The number of anilines is 1. The number of allylic oxidation sites excluding steroid dienone is 2. The van der Waals surface area contributed by atoms with E-state index >= 15 is 0 Å². The van der Waals surface area contributed by atoms with Crippen LogP contribution in [0.1, 0.15) is 31.9 Å². The first kappa shape index (κ1) is 18.3. The highest BCUT2D eigenvalue weighted by atomic mass is 79.9. The van der Waals surface area contributed by atoms with Crippen molar-refractivity contribution in [2.75, 3.05) is 5.32 Å². The lowest BCUT2D eigenvalue weighted by atomic mass is 9.72. The number of Topliss-reactive ketones (excluding diaryl/α,β-unsaturated/α-hetero) is 1. The lowest BCUT2D eigenvalue weighted by Crippen LogP contribution is -2.42. The molecule has 5 rings (SSSR count). The predicted octanol–water partition coefficient (Wildman–Crippen LogP) is 5.22. The molecule has 5 nitrogen and oxygen atoms in total. The number of benzene rings is 2. The van der Waals surface area contributed by atoms with Gasteiger partial charge in [0.1, 0.15) is 5.78 Å². The number of aromatic nitrogens is 3. The normalized spacial score (nSPS) is 22.3. The van der Waals surface area contributed by atoms with Crippen LogP contribution >= 0.6 is 15.9 Å². The van der Waals surface area contributed by atoms with E-state index in [0.29, 0.717) is 18.2 Å². The number of nitrogens with one attached hydrogen (secondary N) is 1. The van der Waals surface area contributed by atoms with Crippen LogP contribution in [0.4, 0.5) is 5.95 Å². The molecule has 0 saturated heterocycles. The van der Waals surface area contributed by atoms with Crippen molar-refractivity contribution in [2.24, 2.45) is 11.3 Å². The lowest BCUT2D eigenvalue weighted by molar-refractivity contribution is -0.125. The van der Waals surface area contributed by atoms with Gasteiger partial charge >= 0.3 is 0 Å². The van der Waals surface area contributed by atoms with Crippen molar-refractivity contribution in [3.8, 4) is 11.4 Å². The van der Waals surface area contributed by atoms with Crippen LogP contribution in [0.5, 0.6) is 0 Å². The zero-order chi connectivity index (χ0) is 20.2. The van der Waals surface area contributed by atoms with Gasteiger partial charge in [0.25, 0.3) is 0 Å². The standard InChI is InChI=1S/C23H21BrN4O/c1-23(2)12-17-19(18(29)13-23)20(14-8-10-16(24)11-9-14)28-22(25-17)26-21(27-28)15-6-4-3-5-7-15/h3-12,19-20H,13H2,1-2H3,(H,25,26,27). The van der Waals surface area contributed by atoms with E-state index in [1.165, 1.54) is 0 Å². The quantitative estimate of drug-likeness (QED) is 0.583. The number of carbonyl (C=O) groups excluding carboxylic acids is 1. The van der Waals surface area contributed by atoms with Crippen molar-refractivity contribution >= 4 is 27.7 Å². The molecule has 2 unspecified atom stereocenters. The molecule has 6 heteroatoms. The van der Waals surface area contributed by atoms with Crippen molar-refractivity contribution in [3.63, 3.8) is 0 Å². The molecule has 3 aromatic rings. The van der Waals surface area contributed by atoms with Crippen LogP contribution in [-0.4, -0.2) is 20.5 Å². The molecule has 0 radical (unpaired) electrons. The second-order valence-corrected chi connectivity index (χ2v) is 9.32. The fourth-order valence-electron chi connectivity index (χ4n) is 4.33. The van der Waals surface area contributed by atoms with Gasteiger partial charge in [0.05, 0.1) is 12.0 Å². The molecule has 0 fully saturated rings. The fraction of sp³-hybridized carbons (Fsp3) is 0.261. The van der Waals surface area contributed by atoms with Gasteiger partial charge in [0, 0.05) is 22.2 Å². The molecule has 0 spiro atoms. The number of hydrogen-bond acceptors (Lipinski definition) is 4. The molecular weight excluding hydrogens is 428 g/mol. The van der Waals surface area contributed by atoms with Crippen LogP contribution in [0.15, 0.2) is 70.8 Å². The minimum atomic E-state index is -0.290. The van der Waals surface area contributed by atoms with Crippen LogP contribution in [0, 0.1) is 11.3 Å². The van der Waals surface area contributed by atoms with Crippen molar-refractivity contribution in [1.29, 1.82) is 0 Å². The summed E-state index contributed by atoms with van der Waals surface area (Å²) in [5.41, 5.74) is 2.75. The van der Waals surface area contributed by atoms with E-state index in [2.05, 4.69) is 53.3 Å². The van der Waals surface area contributed by atoms with Crippen LogP contribution in [-0.2, 0) is 4.79 Å². The number of halogens is 1. The Morgan fingerprint density at radius 1 is 1.10 bits per heavy atom. The number of hydrogen-bond donors (Lipinski definition) is 1. The van der Waals surface area contributed by atoms with Gasteiger partial charge in [-0.3, -0.25) is 4.79 Å². The highest BCUT2D eigenvalue weighted by Gasteiger charge is 2.45.